The number of carbonyl (C=O) groups excluding carboxylic acids is 1. The van der Waals surface area contributed by atoms with Crippen molar-refractivity contribution in [3.8, 4) is 0 Å². The minimum atomic E-state index is -1.32. The number of methoxy groups -OCH3 is 1. The Morgan fingerprint density at radius 2 is 1.25 bits per heavy atom. The van der Waals surface area contributed by atoms with Gasteiger partial charge >= 0.3 is 0 Å². The zero-order valence-electron chi connectivity index (χ0n) is 18.8. The lowest BCUT2D eigenvalue weighted by Crippen LogP contribution is -2.48. The number of rotatable bonds is 20. The number of ether oxygens (including phenoxy) is 1. The van der Waals surface area contributed by atoms with Gasteiger partial charge in [-0.25, -0.2) is 0 Å². The Bertz CT molecular complexity index is 347. The summed E-state index contributed by atoms with van der Waals surface area (Å²) in [6.45, 7) is 4.08. The van der Waals surface area contributed by atoms with Crippen molar-refractivity contribution in [1.29, 1.82) is 0 Å². The molecule has 0 fully saturated rings. The van der Waals surface area contributed by atoms with Gasteiger partial charge in [-0.1, -0.05) is 97.3 Å². The normalized spacial score (nSPS) is 14.6. The van der Waals surface area contributed by atoms with Gasteiger partial charge in [0.15, 0.2) is 6.10 Å². The maximum absolute atomic E-state index is 12.3. The van der Waals surface area contributed by atoms with Crippen molar-refractivity contribution in [2.24, 2.45) is 0 Å². The first-order chi connectivity index (χ1) is 13.6. The van der Waals surface area contributed by atoms with Gasteiger partial charge in [-0.2, -0.15) is 0 Å². The summed E-state index contributed by atoms with van der Waals surface area (Å²) in [6, 6.07) is 0.0974. The molecule has 1 amide bonds. The highest BCUT2D eigenvalue weighted by atomic mass is 16.5. The number of amides is 1. The fourth-order valence-corrected chi connectivity index (χ4v) is 3.57. The molecule has 0 aromatic heterocycles. The van der Waals surface area contributed by atoms with E-state index in [4.69, 9.17) is 4.74 Å². The average Bonchev–Trinajstić information content (AvgIpc) is 2.70. The molecule has 0 aromatic carbocycles. The van der Waals surface area contributed by atoms with E-state index in [0.29, 0.717) is 0 Å². The maximum Gasteiger partial charge on any atom is 0.251 e. The van der Waals surface area contributed by atoms with E-state index in [1.54, 1.807) is 0 Å². The summed E-state index contributed by atoms with van der Waals surface area (Å²) < 4.78 is 4.98. The van der Waals surface area contributed by atoms with E-state index >= 15 is 0 Å². The van der Waals surface area contributed by atoms with Crippen molar-refractivity contribution in [3.05, 3.63) is 0 Å². The number of carbonyl (C=O) groups is 1. The molecule has 0 radical (unpaired) electrons. The monoisotopic (exact) mass is 401 g/mol. The molecule has 3 unspecified atom stereocenters. The molecule has 0 aromatic rings. The quantitative estimate of drug-likeness (QED) is 0.258. The molecule has 5 heteroatoms. The minimum Gasteiger partial charge on any atom is -0.394 e. The van der Waals surface area contributed by atoms with E-state index in [0.717, 1.165) is 25.7 Å². The molecule has 0 bridgehead atoms. The Hall–Kier alpha value is -0.650. The van der Waals surface area contributed by atoms with E-state index in [1.807, 2.05) is 0 Å². The predicted octanol–water partition coefficient (Wildman–Crippen LogP) is 4.73. The number of hydrogen-bond acceptors (Lipinski definition) is 4. The third-order valence-corrected chi connectivity index (χ3v) is 5.51. The lowest BCUT2D eigenvalue weighted by Gasteiger charge is -2.24. The molecule has 3 N–H and O–H groups in total. The van der Waals surface area contributed by atoms with Gasteiger partial charge in [0, 0.05) is 13.2 Å². The van der Waals surface area contributed by atoms with Crippen LogP contribution in [0, 0.1) is 0 Å². The van der Waals surface area contributed by atoms with Crippen molar-refractivity contribution < 1.29 is 19.7 Å². The van der Waals surface area contributed by atoms with Crippen molar-refractivity contribution in [2.45, 2.75) is 128 Å². The van der Waals surface area contributed by atoms with Crippen LogP contribution in [0.15, 0.2) is 0 Å². The Morgan fingerprint density at radius 1 is 0.821 bits per heavy atom. The first-order valence-electron chi connectivity index (χ1n) is 11.7. The maximum atomic E-state index is 12.3. The van der Waals surface area contributed by atoms with E-state index in [9.17, 15) is 15.0 Å². The molecule has 28 heavy (non-hydrogen) atoms. The SMILES string of the molecule is CCCCCCCCCC(CCCCCCCC)NC(=O)C(O)C(CO)OC. The second kappa shape index (κ2) is 19.7. The summed E-state index contributed by atoms with van der Waals surface area (Å²) in [5.74, 6) is -0.431. The Kier molecular flexibility index (Phi) is 19.2. The van der Waals surface area contributed by atoms with Crippen LogP contribution >= 0.6 is 0 Å². The fraction of sp³-hybridized carbons (Fsp3) is 0.957. The summed E-state index contributed by atoms with van der Waals surface area (Å²) in [5.41, 5.74) is 0. The predicted molar refractivity (Wildman–Crippen MR) is 116 cm³/mol. The highest BCUT2D eigenvalue weighted by molar-refractivity contribution is 5.81. The van der Waals surface area contributed by atoms with E-state index in [1.165, 1.54) is 77.7 Å². The van der Waals surface area contributed by atoms with Crippen LogP contribution < -0.4 is 5.32 Å². The van der Waals surface area contributed by atoms with Gasteiger partial charge in [0.25, 0.3) is 5.91 Å². The zero-order chi connectivity index (χ0) is 21.0. The van der Waals surface area contributed by atoms with Crippen LogP contribution in [-0.2, 0) is 9.53 Å². The van der Waals surface area contributed by atoms with Crippen molar-refractivity contribution in [1.82, 2.24) is 5.32 Å². The second-order valence-electron chi connectivity index (χ2n) is 8.07. The minimum absolute atomic E-state index is 0.0974. The first-order valence-corrected chi connectivity index (χ1v) is 11.7. The van der Waals surface area contributed by atoms with Crippen LogP contribution in [0.4, 0.5) is 0 Å². The largest absolute Gasteiger partial charge is 0.394 e. The lowest BCUT2D eigenvalue weighted by atomic mass is 9.99. The molecule has 0 rings (SSSR count). The Balaban J connectivity index is 4.31. The van der Waals surface area contributed by atoms with Crippen LogP contribution in [0.25, 0.3) is 0 Å². The topological polar surface area (TPSA) is 78.8 Å². The van der Waals surface area contributed by atoms with Gasteiger partial charge in [-0.15, -0.1) is 0 Å². The summed E-state index contributed by atoms with van der Waals surface area (Å²) >= 11 is 0. The fourth-order valence-electron chi connectivity index (χ4n) is 3.57. The third kappa shape index (κ3) is 14.4. The van der Waals surface area contributed by atoms with Crippen molar-refractivity contribution in [3.63, 3.8) is 0 Å². The molecule has 0 aliphatic rings. The zero-order valence-corrected chi connectivity index (χ0v) is 18.8. The number of unbranched alkanes of at least 4 members (excludes halogenated alkanes) is 11. The van der Waals surface area contributed by atoms with Crippen LogP contribution in [0.5, 0.6) is 0 Å². The van der Waals surface area contributed by atoms with Crippen molar-refractivity contribution in [2.75, 3.05) is 13.7 Å². The molecule has 0 aliphatic carbocycles. The van der Waals surface area contributed by atoms with Gasteiger partial charge in [0.05, 0.1) is 6.61 Å². The summed E-state index contributed by atoms with van der Waals surface area (Å²) in [5, 5.41) is 22.3. The van der Waals surface area contributed by atoms with E-state index < -0.39 is 18.1 Å². The van der Waals surface area contributed by atoms with E-state index in [2.05, 4.69) is 19.2 Å². The van der Waals surface area contributed by atoms with Gasteiger partial charge < -0.3 is 20.3 Å². The molecular formula is C23H47NO4. The standard InChI is InChI=1S/C23H47NO4/c1-4-6-8-10-12-14-16-18-20(17-15-13-11-9-7-5-2)24-23(27)22(26)21(19-25)28-3/h20-22,25-26H,4-19H2,1-3H3,(H,24,27). The number of nitrogens with one attached hydrogen (secondary N) is 1. The Labute approximate surface area is 173 Å². The third-order valence-electron chi connectivity index (χ3n) is 5.51. The van der Waals surface area contributed by atoms with Crippen molar-refractivity contribution >= 4 is 5.91 Å². The molecule has 0 saturated carbocycles. The lowest BCUT2D eigenvalue weighted by molar-refractivity contribution is -0.139. The van der Waals surface area contributed by atoms with Crippen LogP contribution in [0.3, 0.4) is 0 Å². The van der Waals surface area contributed by atoms with Gasteiger partial charge in [-0.3, -0.25) is 4.79 Å². The molecule has 0 heterocycles. The van der Waals surface area contributed by atoms with E-state index in [-0.39, 0.29) is 12.6 Å². The molecule has 0 aliphatic heterocycles. The van der Waals surface area contributed by atoms with Crippen LogP contribution in [0.2, 0.25) is 0 Å². The Morgan fingerprint density at radius 3 is 1.64 bits per heavy atom. The highest BCUT2D eigenvalue weighted by Gasteiger charge is 2.27. The highest BCUT2D eigenvalue weighted by Crippen LogP contribution is 2.15. The number of aliphatic hydroxyl groups excluding tert-OH is 2. The molecular weight excluding hydrogens is 354 g/mol. The molecule has 0 saturated heterocycles. The molecule has 5 nitrogen and oxygen atoms in total. The summed E-state index contributed by atoms with van der Waals surface area (Å²) in [7, 11) is 1.39. The van der Waals surface area contributed by atoms with Crippen LogP contribution in [0.1, 0.15) is 110 Å². The first kappa shape index (κ1) is 27.4. The number of hydrogen-bond donors (Lipinski definition) is 3. The molecule has 0 spiro atoms. The smallest absolute Gasteiger partial charge is 0.251 e. The summed E-state index contributed by atoms with van der Waals surface area (Å²) in [6.07, 6.45) is 15.9. The van der Waals surface area contributed by atoms with Crippen LogP contribution in [-0.4, -0.2) is 48.1 Å². The average molecular weight is 402 g/mol. The summed E-state index contributed by atoms with van der Waals surface area (Å²) in [4.78, 5) is 12.3. The van der Waals surface area contributed by atoms with Gasteiger partial charge in [-0.05, 0) is 12.8 Å². The molecule has 168 valence electrons. The number of aliphatic hydroxyl groups is 2. The molecule has 3 atom stereocenters. The van der Waals surface area contributed by atoms with Gasteiger partial charge in [0.2, 0.25) is 0 Å². The van der Waals surface area contributed by atoms with Gasteiger partial charge in [0.1, 0.15) is 6.10 Å². The second-order valence-corrected chi connectivity index (χ2v) is 8.07.